The maximum atomic E-state index is 5.69. The molecule has 0 aromatic rings. The smallest absolute Gasteiger partial charge is 0.0620 e. The first-order valence-electron chi connectivity index (χ1n) is 4.62. The predicted octanol–water partition coefficient (Wildman–Crippen LogP) is 1.55. The first-order valence-corrected chi connectivity index (χ1v) is 4.62. The average molecular weight is 157 g/mol. The summed E-state index contributed by atoms with van der Waals surface area (Å²) in [6.45, 7) is 3.01. The van der Waals surface area contributed by atoms with E-state index in [-0.39, 0.29) is 0 Å². The van der Waals surface area contributed by atoms with Crippen LogP contribution in [0.25, 0.3) is 0 Å². The first kappa shape index (κ1) is 9.01. The molecule has 1 aliphatic rings. The number of rotatable bonds is 4. The van der Waals surface area contributed by atoms with Crippen molar-refractivity contribution in [3.8, 4) is 0 Å². The van der Waals surface area contributed by atoms with Gasteiger partial charge in [-0.1, -0.05) is 12.8 Å². The van der Waals surface area contributed by atoms with Gasteiger partial charge in [-0.25, -0.2) is 0 Å². The molecule has 0 radical (unpaired) electrons. The lowest BCUT2D eigenvalue weighted by molar-refractivity contribution is 0.0470. The number of nitrogens with one attached hydrogen (secondary N) is 1. The highest BCUT2D eigenvalue weighted by Gasteiger charge is 2.15. The van der Waals surface area contributed by atoms with Crippen molar-refractivity contribution in [3.63, 3.8) is 0 Å². The van der Waals surface area contributed by atoms with Gasteiger partial charge in [0.2, 0.25) is 0 Å². The average Bonchev–Trinajstić information content (AvgIpc) is 2.52. The molecule has 1 fully saturated rings. The molecule has 2 nitrogen and oxygen atoms in total. The zero-order valence-electron chi connectivity index (χ0n) is 7.60. The van der Waals surface area contributed by atoms with Crippen LogP contribution in [0.15, 0.2) is 0 Å². The molecular weight excluding hydrogens is 138 g/mol. The molecule has 1 aliphatic carbocycles. The molecule has 11 heavy (non-hydrogen) atoms. The van der Waals surface area contributed by atoms with Crippen molar-refractivity contribution in [2.75, 3.05) is 13.7 Å². The van der Waals surface area contributed by atoms with Gasteiger partial charge in [0.15, 0.2) is 0 Å². The van der Waals surface area contributed by atoms with E-state index in [4.69, 9.17) is 4.74 Å². The quantitative estimate of drug-likeness (QED) is 0.668. The number of hydrogen-bond acceptors (Lipinski definition) is 2. The lowest BCUT2D eigenvalue weighted by atomic mass is 10.3. The summed E-state index contributed by atoms with van der Waals surface area (Å²) in [6, 6.07) is 0.496. The lowest BCUT2D eigenvalue weighted by Crippen LogP contribution is -2.28. The lowest BCUT2D eigenvalue weighted by Gasteiger charge is -2.15. The maximum absolute atomic E-state index is 5.69. The van der Waals surface area contributed by atoms with Crippen LogP contribution >= 0.6 is 0 Å². The van der Waals surface area contributed by atoms with Gasteiger partial charge in [0.05, 0.1) is 12.7 Å². The fraction of sp³-hybridized carbons (Fsp3) is 1.00. The van der Waals surface area contributed by atoms with Gasteiger partial charge >= 0.3 is 0 Å². The second-order valence-electron chi connectivity index (χ2n) is 3.43. The van der Waals surface area contributed by atoms with Gasteiger partial charge < -0.3 is 10.1 Å². The highest BCUT2D eigenvalue weighted by atomic mass is 16.5. The fourth-order valence-corrected chi connectivity index (χ4v) is 1.42. The van der Waals surface area contributed by atoms with Gasteiger partial charge in [0.1, 0.15) is 0 Å². The summed E-state index contributed by atoms with van der Waals surface area (Å²) < 4.78 is 5.69. The topological polar surface area (TPSA) is 21.3 Å². The predicted molar refractivity (Wildman–Crippen MR) is 46.7 cm³/mol. The van der Waals surface area contributed by atoms with Crippen molar-refractivity contribution >= 4 is 0 Å². The van der Waals surface area contributed by atoms with Crippen LogP contribution in [0.5, 0.6) is 0 Å². The zero-order valence-corrected chi connectivity index (χ0v) is 7.60. The molecular formula is C9H19NO. The van der Waals surface area contributed by atoms with Crippen LogP contribution in [-0.4, -0.2) is 25.8 Å². The monoisotopic (exact) mass is 157 g/mol. The van der Waals surface area contributed by atoms with Gasteiger partial charge in [-0.05, 0) is 26.8 Å². The minimum absolute atomic E-state index is 0.496. The van der Waals surface area contributed by atoms with Crippen molar-refractivity contribution < 1.29 is 4.74 Å². The van der Waals surface area contributed by atoms with Gasteiger partial charge in [-0.2, -0.15) is 0 Å². The van der Waals surface area contributed by atoms with Crippen LogP contribution < -0.4 is 5.32 Å². The highest BCUT2D eigenvalue weighted by molar-refractivity contribution is 4.67. The molecule has 0 heterocycles. The van der Waals surface area contributed by atoms with Crippen molar-refractivity contribution in [3.05, 3.63) is 0 Å². The Balaban J connectivity index is 2.01. The van der Waals surface area contributed by atoms with Gasteiger partial charge in [0.25, 0.3) is 0 Å². The molecule has 2 heteroatoms. The number of likely N-dealkylation sites (N-methyl/N-ethyl adjacent to an activating group) is 1. The minimum atomic E-state index is 0.496. The van der Waals surface area contributed by atoms with Crippen molar-refractivity contribution in [2.24, 2.45) is 0 Å². The Kier molecular flexibility index (Phi) is 3.87. The number of hydrogen-bond donors (Lipinski definition) is 1. The van der Waals surface area contributed by atoms with Gasteiger partial charge in [-0.3, -0.25) is 0 Å². The molecule has 0 saturated heterocycles. The van der Waals surface area contributed by atoms with E-state index >= 15 is 0 Å². The third-order valence-electron chi connectivity index (χ3n) is 2.38. The molecule has 0 amide bonds. The molecule has 66 valence electrons. The van der Waals surface area contributed by atoms with E-state index < -0.39 is 0 Å². The molecule has 1 unspecified atom stereocenters. The van der Waals surface area contributed by atoms with Crippen LogP contribution in [0, 0.1) is 0 Å². The van der Waals surface area contributed by atoms with Crippen molar-refractivity contribution in [1.82, 2.24) is 5.32 Å². The van der Waals surface area contributed by atoms with Crippen molar-refractivity contribution in [1.29, 1.82) is 0 Å². The second-order valence-corrected chi connectivity index (χ2v) is 3.43. The van der Waals surface area contributed by atoms with E-state index in [9.17, 15) is 0 Å². The summed E-state index contributed by atoms with van der Waals surface area (Å²) in [7, 11) is 1.97. The summed E-state index contributed by atoms with van der Waals surface area (Å²) in [5.74, 6) is 0. The van der Waals surface area contributed by atoms with Gasteiger partial charge in [-0.15, -0.1) is 0 Å². The molecule has 1 rings (SSSR count). The van der Waals surface area contributed by atoms with E-state index in [2.05, 4.69) is 12.2 Å². The van der Waals surface area contributed by atoms with Crippen molar-refractivity contribution in [2.45, 2.75) is 44.8 Å². The van der Waals surface area contributed by atoms with E-state index in [1.165, 1.54) is 25.7 Å². The summed E-state index contributed by atoms with van der Waals surface area (Å²) in [4.78, 5) is 0. The highest BCUT2D eigenvalue weighted by Crippen LogP contribution is 2.20. The fourth-order valence-electron chi connectivity index (χ4n) is 1.42. The van der Waals surface area contributed by atoms with E-state index in [0.717, 1.165) is 6.61 Å². The molecule has 0 aromatic heterocycles. The molecule has 1 saturated carbocycles. The Morgan fingerprint density at radius 3 is 2.64 bits per heavy atom. The van der Waals surface area contributed by atoms with Crippen LogP contribution in [0.1, 0.15) is 32.6 Å². The van der Waals surface area contributed by atoms with Crippen LogP contribution in [0.2, 0.25) is 0 Å². The van der Waals surface area contributed by atoms with Gasteiger partial charge in [0, 0.05) is 6.04 Å². The standard InChI is InChI=1S/C9H19NO/c1-8(10-2)7-11-9-5-3-4-6-9/h8-10H,3-7H2,1-2H3. The summed E-state index contributed by atoms with van der Waals surface area (Å²) >= 11 is 0. The third-order valence-corrected chi connectivity index (χ3v) is 2.38. The Bertz CT molecular complexity index is 99.7. The van der Waals surface area contributed by atoms with E-state index in [1.54, 1.807) is 0 Å². The molecule has 0 spiro atoms. The Morgan fingerprint density at radius 1 is 1.45 bits per heavy atom. The molecule has 1 atom stereocenters. The largest absolute Gasteiger partial charge is 0.377 e. The van der Waals surface area contributed by atoms with Crippen LogP contribution in [-0.2, 0) is 4.74 Å². The Labute approximate surface area is 69.3 Å². The Hall–Kier alpha value is -0.0800. The third kappa shape index (κ3) is 3.21. The molecule has 0 aromatic carbocycles. The minimum Gasteiger partial charge on any atom is -0.377 e. The first-order chi connectivity index (χ1) is 5.33. The van der Waals surface area contributed by atoms with E-state index in [0.29, 0.717) is 12.1 Å². The molecule has 0 aliphatic heterocycles. The normalized spacial score (nSPS) is 22.4. The summed E-state index contributed by atoms with van der Waals surface area (Å²) in [6.07, 6.45) is 5.83. The molecule has 1 N–H and O–H groups in total. The van der Waals surface area contributed by atoms with E-state index in [1.807, 2.05) is 7.05 Å². The van der Waals surface area contributed by atoms with Crippen LogP contribution in [0.3, 0.4) is 0 Å². The number of ether oxygens (including phenoxy) is 1. The summed E-state index contributed by atoms with van der Waals surface area (Å²) in [5, 5.41) is 3.16. The summed E-state index contributed by atoms with van der Waals surface area (Å²) in [5.41, 5.74) is 0. The maximum Gasteiger partial charge on any atom is 0.0620 e. The SMILES string of the molecule is CNC(C)COC1CCCC1. The second kappa shape index (κ2) is 4.73. The zero-order chi connectivity index (χ0) is 8.10. The molecule has 0 bridgehead atoms. The van der Waals surface area contributed by atoms with Crippen LogP contribution in [0.4, 0.5) is 0 Å². The Morgan fingerprint density at radius 2 is 2.09 bits per heavy atom.